The lowest BCUT2D eigenvalue weighted by molar-refractivity contribution is -1.14. The quantitative estimate of drug-likeness (QED) is 0.438. The largest absolute Gasteiger partial charge is 0.579 e. The molecule has 10 nitrogen and oxygen atoms in total. The number of nitrogens with one attached hydrogen (secondary N) is 1. The van der Waals surface area contributed by atoms with Crippen molar-refractivity contribution in [3.63, 3.8) is 0 Å². The average Bonchev–Trinajstić information content (AvgIpc) is 2.98. The number of nitrogens with zero attached hydrogens (tertiary/aromatic N) is 5. The van der Waals surface area contributed by atoms with Crippen molar-refractivity contribution in [2.45, 2.75) is 12.8 Å². The monoisotopic (exact) mass is 318 g/mol. The summed E-state index contributed by atoms with van der Waals surface area (Å²) >= 11 is 2.52. The van der Waals surface area contributed by atoms with Crippen LogP contribution in [-0.4, -0.2) is 43.7 Å². The molecule has 20 heavy (non-hydrogen) atoms. The third-order valence-electron chi connectivity index (χ3n) is 2.43. The normalized spacial score (nSPS) is 12.9. The lowest BCUT2D eigenvalue weighted by Crippen LogP contribution is -3.12. The molecule has 0 radical (unpaired) electrons. The highest BCUT2D eigenvalue weighted by molar-refractivity contribution is 7.15. The summed E-state index contributed by atoms with van der Waals surface area (Å²) in [7, 11) is 0. The number of nitrogen functional groups attached to an aromatic ring is 2. The molecule has 2 rings (SSSR count). The SMILES string of the molecule is Nc1nnc(CCN(CCc2nnc(N)s2)[NH+]([O-])O)s1. The van der Waals surface area contributed by atoms with Gasteiger partial charge in [-0.15, -0.1) is 30.7 Å². The molecule has 2 aromatic rings. The van der Waals surface area contributed by atoms with E-state index in [0.29, 0.717) is 46.2 Å². The van der Waals surface area contributed by atoms with Gasteiger partial charge in [0.2, 0.25) is 10.3 Å². The van der Waals surface area contributed by atoms with Crippen LogP contribution in [0.15, 0.2) is 0 Å². The highest BCUT2D eigenvalue weighted by atomic mass is 32.1. The molecule has 0 aliphatic carbocycles. The van der Waals surface area contributed by atoms with Crippen LogP contribution in [-0.2, 0) is 12.8 Å². The Kier molecular flexibility index (Phi) is 5.11. The second-order valence-corrected chi connectivity index (χ2v) is 6.02. The first kappa shape index (κ1) is 15.0. The molecular formula is C8H14N8O2S2. The van der Waals surface area contributed by atoms with Gasteiger partial charge in [0.25, 0.3) is 0 Å². The molecule has 0 aromatic carbocycles. The van der Waals surface area contributed by atoms with Crippen LogP contribution < -0.4 is 16.8 Å². The van der Waals surface area contributed by atoms with E-state index >= 15 is 0 Å². The van der Waals surface area contributed by atoms with Crippen LogP contribution in [0.2, 0.25) is 0 Å². The van der Waals surface area contributed by atoms with Crippen LogP contribution in [0.4, 0.5) is 10.3 Å². The maximum absolute atomic E-state index is 11.2. The van der Waals surface area contributed by atoms with Gasteiger partial charge in [0.05, 0.1) is 13.1 Å². The molecule has 0 fully saturated rings. The first-order valence-electron chi connectivity index (χ1n) is 5.68. The molecule has 0 aliphatic rings. The Morgan fingerprint density at radius 3 is 1.75 bits per heavy atom. The van der Waals surface area contributed by atoms with Gasteiger partial charge in [-0.2, -0.15) is 5.21 Å². The fourth-order valence-electron chi connectivity index (χ4n) is 1.50. The zero-order valence-corrected chi connectivity index (χ0v) is 12.0. The Labute approximate surface area is 122 Å². The molecule has 0 amide bonds. The van der Waals surface area contributed by atoms with E-state index in [0.717, 1.165) is 0 Å². The van der Waals surface area contributed by atoms with Gasteiger partial charge in [-0.3, -0.25) is 0 Å². The highest BCUT2D eigenvalue weighted by Gasteiger charge is 2.14. The smallest absolute Gasteiger partial charge is 0.203 e. The Balaban J connectivity index is 1.83. The number of hydrogen-bond donors (Lipinski definition) is 4. The second-order valence-electron chi connectivity index (χ2n) is 3.84. The van der Waals surface area contributed by atoms with E-state index in [1.54, 1.807) is 0 Å². The Bertz CT molecular complexity index is 500. The summed E-state index contributed by atoms with van der Waals surface area (Å²) in [5, 5.41) is 37.9. The van der Waals surface area contributed by atoms with E-state index in [4.69, 9.17) is 16.7 Å². The van der Waals surface area contributed by atoms with E-state index in [-0.39, 0.29) is 0 Å². The Morgan fingerprint density at radius 2 is 1.45 bits per heavy atom. The summed E-state index contributed by atoms with van der Waals surface area (Å²) in [6.07, 6.45) is 0.971. The number of nitrogens with two attached hydrogens (primary N) is 2. The Hall–Kier alpha value is -1.44. The van der Waals surface area contributed by atoms with Gasteiger partial charge in [0, 0.05) is 12.8 Å². The summed E-state index contributed by atoms with van der Waals surface area (Å²) in [6, 6.07) is 0. The van der Waals surface area contributed by atoms with Gasteiger partial charge in [-0.1, -0.05) is 22.7 Å². The van der Waals surface area contributed by atoms with Crippen LogP contribution in [0, 0.1) is 5.21 Å². The molecule has 1 atom stereocenters. The summed E-state index contributed by atoms with van der Waals surface area (Å²) in [6.45, 7) is 0.663. The van der Waals surface area contributed by atoms with Crippen molar-refractivity contribution in [3.8, 4) is 0 Å². The molecule has 110 valence electrons. The van der Waals surface area contributed by atoms with Gasteiger partial charge < -0.3 is 16.7 Å². The molecule has 12 heteroatoms. The maximum atomic E-state index is 11.2. The minimum atomic E-state index is -0.986. The predicted octanol–water partition coefficient (Wildman–Crippen LogP) is -1.67. The molecule has 0 spiro atoms. The third-order valence-corrected chi connectivity index (χ3v) is 4.05. The number of rotatable bonds is 7. The van der Waals surface area contributed by atoms with Crippen LogP contribution in [0.3, 0.4) is 0 Å². The minimum Gasteiger partial charge on any atom is -0.579 e. The van der Waals surface area contributed by atoms with E-state index < -0.39 is 5.34 Å². The summed E-state index contributed by atoms with van der Waals surface area (Å²) < 4.78 is 0. The van der Waals surface area contributed by atoms with Crippen molar-refractivity contribution in [2.75, 3.05) is 24.6 Å². The molecule has 0 saturated carbocycles. The van der Waals surface area contributed by atoms with Gasteiger partial charge >= 0.3 is 0 Å². The number of anilines is 2. The highest BCUT2D eigenvalue weighted by Crippen LogP contribution is 2.13. The molecule has 0 saturated heterocycles. The topological polar surface area (TPSA) is 155 Å². The maximum Gasteiger partial charge on any atom is 0.203 e. The van der Waals surface area contributed by atoms with Gasteiger partial charge in [0.15, 0.2) is 0 Å². The molecule has 0 aliphatic heterocycles. The number of aromatic nitrogens is 4. The van der Waals surface area contributed by atoms with Crippen molar-refractivity contribution in [1.82, 2.24) is 25.4 Å². The Morgan fingerprint density at radius 1 is 1.00 bits per heavy atom. The third kappa shape index (κ3) is 4.29. The lowest BCUT2D eigenvalue weighted by atomic mass is 10.4. The number of hydrogen-bond acceptors (Lipinski definition) is 11. The van der Waals surface area contributed by atoms with Gasteiger partial charge in [-0.25, -0.2) is 0 Å². The van der Waals surface area contributed by atoms with Crippen molar-refractivity contribution < 1.29 is 10.5 Å². The van der Waals surface area contributed by atoms with Crippen LogP contribution in [0.1, 0.15) is 10.0 Å². The number of quaternary nitrogens is 1. The summed E-state index contributed by atoms with van der Waals surface area (Å²) in [5.74, 6) is 0. The molecule has 6 N–H and O–H groups in total. The van der Waals surface area contributed by atoms with E-state index in [2.05, 4.69) is 20.4 Å². The fraction of sp³-hybridized carbons (Fsp3) is 0.500. The molecular weight excluding hydrogens is 304 g/mol. The predicted molar refractivity (Wildman–Crippen MR) is 73.7 cm³/mol. The van der Waals surface area contributed by atoms with Gasteiger partial charge in [0.1, 0.15) is 10.0 Å². The fourth-order valence-corrected chi connectivity index (χ4v) is 2.70. The second kappa shape index (κ2) is 6.83. The van der Waals surface area contributed by atoms with Crippen molar-refractivity contribution in [1.29, 1.82) is 0 Å². The van der Waals surface area contributed by atoms with E-state index in [1.165, 1.54) is 27.7 Å². The molecule has 2 heterocycles. The zero-order valence-electron chi connectivity index (χ0n) is 10.4. The minimum absolute atomic E-state index is 0.332. The van der Waals surface area contributed by atoms with Crippen LogP contribution in [0.5, 0.6) is 0 Å². The molecule has 0 bridgehead atoms. The van der Waals surface area contributed by atoms with Crippen molar-refractivity contribution >= 4 is 32.9 Å². The van der Waals surface area contributed by atoms with Crippen LogP contribution in [0.25, 0.3) is 0 Å². The molecule has 2 aromatic heterocycles. The first-order chi connectivity index (χ1) is 9.54. The van der Waals surface area contributed by atoms with Gasteiger partial charge in [-0.05, 0) is 0 Å². The standard InChI is InChI=1S/C8H14N8O2S2/c9-7-13-11-5(19-7)1-3-15(16(17)18)4-2-6-12-14-8(10)20-6/h16-17H,1-4H2,(H2,9,13)(H2,10,14). The summed E-state index contributed by atoms with van der Waals surface area (Å²) in [4.78, 5) is 0. The lowest BCUT2D eigenvalue weighted by Gasteiger charge is -2.26. The van der Waals surface area contributed by atoms with Crippen LogP contribution >= 0.6 is 22.7 Å². The molecule has 1 unspecified atom stereocenters. The summed E-state index contributed by atoms with van der Waals surface area (Å²) in [5.41, 5.74) is 10.9. The van der Waals surface area contributed by atoms with E-state index in [9.17, 15) is 5.21 Å². The van der Waals surface area contributed by atoms with E-state index in [1.807, 2.05) is 0 Å². The van der Waals surface area contributed by atoms with Crippen molar-refractivity contribution in [2.24, 2.45) is 0 Å². The first-order valence-corrected chi connectivity index (χ1v) is 7.31. The van der Waals surface area contributed by atoms with Crippen molar-refractivity contribution in [3.05, 3.63) is 15.2 Å². The average molecular weight is 318 g/mol. The zero-order chi connectivity index (χ0) is 14.5.